The van der Waals surface area contributed by atoms with E-state index in [9.17, 15) is 4.79 Å². The van der Waals surface area contributed by atoms with Crippen LogP contribution in [0.4, 0.5) is 4.79 Å². The molecule has 5 nitrogen and oxygen atoms in total. The Bertz CT molecular complexity index is 251. The Balaban J connectivity index is 2.23. The van der Waals surface area contributed by atoms with E-state index in [0.29, 0.717) is 0 Å². The number of alkyl carbamates (subject to hydrolysis) is 1. The molecule has 1 atom stereocenters. The number of amides is 1. The summed E-state index contributed by atoms with van der Waals surface area (Å²) in [5.74, 6) is 0. The van der Waals surface area contributed by atoms with Gasteiger partial charge in [-0.3, -0.25) is 4.90 Å². The van der Waals surface area contributed by atoms with Gasteiger partial charge >= 0.3 is 6.09 Å². The summed E-state index contributed by atoms with van der Waals surface area (Å²) in [7, 11) is 1.70. The topological polar surface area (TPSA) is 50.8 Å². The summed E-state index contributed by atoms with van der Waals surface area (Å²) in [5, 5.41) is 2.90. The van der Waals surface area contributed by atoms with Crippen molar-refractivity contribution >= 4 is 6.09 Å². The predicted octanol–water partition coefficient (Wildman–Crippen LogP) is 1.23. The fraction of sp³-hybridized carbons (Fsp3) is 0.917. The van der Waals surface area contributed by atoms with Crippen molar-refractivity contribution in [3.8, 4) is 0 Å². The van der Waals surface area contributed by atoms with Crippen molar-refractivity contribution in [2.24, 2.45) is 0 Å². The van der Waals surface area contributed by atoms with Gasteiger partial charge in [0.15, 0.2) is 0 Å². The SMILES string of the molecule is COCCN1CC[C@H](NC(=O)OC(C)(C)C)C1. The van der Waals surface area contributed by atoms with E-state index in [-0.39, 0.29) is 12.1 Å². The van der Waals surface area contributed by atoms with Crippen LogP contribution in [0.25, 0.3) is 0 Å². The molecule has 1 N–H and O–H groups in total. The summed E-state index contributed by atoms with van der Waals surface area (Å²) < 4.78 is 10.3. The normalized spacial score (nSPS) is 21.5. The first-order valence-electron chi connectivity index (χ1n) is 6.11. The van der Waals surface area contributed by atoms with Crippen LogP contribution in [-0.4, -0.2) is 56.0 Å². The summed E-state index contributed by atoms with van der Waals surface area (Å²) in [6.07, 6.45) is 0.652. The van der Waals surface area contributed by atoms with E-state index in [4.69, 9.17) is 9.47 Å². The Morgan fingerprint density at radius 1 is 1.47 bits per heavy atom. The van der Waals surface area contributed by atoms with E-state index in [1.54, 1.807) is 7.11 Å². The Kier molecular flexibility index (Phi) is 5.21. The lowest BCUT2D eigenvalue weighted by Crippen LogP contribution is -2.40. The van der Waals surface area contributed by atoms with E-state index in [1.807, 2.05) is 20.8 Å². The van der Waals surface area contributed by atoms with Crippen molar-refractivity contribution < 1.29 is 14.3 Å². The monoisotopic (exact) mass is 244 g/mol. The van der Waals surface area contributed by atoms with E-state index in [1.165, 1.54) is 0 Å². The van der Waals surface area contributed by atoms with Crippen molar-refractivity contribution in [3.63, 3.8) is 0 Å². The lowest BCUT2D eigenvalue weighted by atomic mass is 10.2. The first kappa shape index (κ1) is 14.3. The highest BCUT2D eigenvalue weighted by Gasteiger charge is 2.25. The molecule has 1 fully saturated rings. The molecule has 1 rings (SSSR count). The number of hydrogen-bond acceptors (Lipinski definition) is 4. The molecule has 1 aliphatic rings. The number of methoxy groups -OCH3 is 1. The third-order valence-corrected chi connectivity index (χ3v) is 2.60. The lowest BCUT2D eigenvalue weighted by molar-refractivity contribution is 0.0505. The quantitative estimate of drug-likeness (QED) is 0.808. The van der Waals surface area contributed by atoms with Gasteiger partial charge in [-0.1, -0.05) is 0 Å². The number of rotatable bonds is 4. The molecule has 1 aliphatic heterocycles. The van der Waals surface area contributed by atoms with Crippen LogP contribution in [0.3, 0.4) is 0 Å². The van der Waals surface area contributed by atoms with Crippen LogP contribution >= 0.6 is 0 Å². The van der Waals surface area contributed by atoms with Crippen molar-refractivity contribution in [1.29, 1.82) is 0 Å². The first-order valence-corrected chi connectivity index (χ1v) is 6.11. The summed E-state index contributed by atoms with van der Waals surface area (Å²) in [6, 6.07) is 0.196. The van der Waals surface area contributed by atoms with Crippen LogP contribution in [0.5, 0.6) is 0 Å². The van der Waals surface area contributed by atoms with E-state index in [2.05, 4.69) is 10.2 Å². The van der Waals surface area contributed by atoms with Gasteiger partial charge in [0.2, 0.25) is 0 Å². The highest BCUT2D eigenvalue weighted by molar-refractivity contribution is 5.68. The molecule has 1 heterocycles. The standard InChI is InChI=1S/C12H24N2O3/c1-12(2,3)17-11(15)13-10-5-6-14(9-10)7-8-16-4/h10H,5-9H2,1-4H3,(H,13,15)/t10-/m0/s1. The second kappa shape index (κ2) is 6.21. The number of ether oxygens (including phenoxy) is 2. The summed E-state index contributed by atoms with van der Waals surface area (Å²) >= 11 is 0. The number of nitrogens with one attached hydrogen (secondary N) is 1. The zero-order valence-corrected chi connectivity index (χ0v) is 11.3. The molecule has 0 aromatic rings. The van der Waals surface area contributed by atoms with Gasteiger partial charge in [0.25, 0.3) is 0 Å². The minimum absolute atomic E-state index is 0.196. The lowest BCUT2D eigenvalue weighted by Gasteiger charge is -2.22. The van der Waals surface area contributed by atoms with Crippen LogP contribution in [0.1, 0.15) is 27.2 Å². The van der Waals surface area contributed by atoms with Gasteiger partial charge in [-0.15, -0.1) is 0 Å². The van der Waals surface area contributed by atoms with Crippen LogP contribution < -0.4 is 5.32 Å². The van der Waals surface area contributed by atoms with E-state index in [0.717, 1.165) is 32.7 Å². The number of carbonyl (C=O) groups excluding carboxylic acids is 1. The van der Waals surface area contributed by atoms with Gasteiger partial charge in [0, 0.05) is 32.8 Å². The van der Waals surface area contributed by atoms with Gasteiger partial charge in [0.05, 0.1) is 6.61 Å². The van der Waals surface area contributed by atoms with Crippen LogP contribution in [0.15, 0.2) is 0 Å². The van der Waals surface area contributed by atoms with E-state index < -0.39 is 5.60 Å². The van der Waals surface area contributed by atoms with Gasteiger partial charge in [-0.05, 0) is 27.2 Å². The van der Waals surface area contributed by atoms with Crippen LogP contribution in [0.2, 0.25) is 0 Å². The molecule has 17 heavy (non-hydrogen) atoms. The Morgan fingerprint density at radius 3 is 2.76 bits per heavy atom. The summed E-state index contributed by atoms with van der Waals surface area (Å²) in [6.45, 7) is 9.14. The second-order valence-corrected chi connectivity index (χ2v) is 5.43. The molecular weight excluding hydrogens is 220 g/mol. The smallest absolute Gasteiger partial charge is 0.407 e. The number of nitrogens with zero attached hydrogens (tertiary/aromatic N) is 1. The zero-order valence-electron chi connectivity index (χ0n) is 11.3. The third-order valence-electron chi connectivity index (χ3n) is 2.60. The van der Waals surface area contributed by atoms with Gasteiger partial charge in [-0.25, -0.2) is 4.79 Å². The maximum absolute atomic E-state index is 11.6. The summed E-state index contributed by atoms with van der Waals surface area (Å²) in [5.41, 5.74) is -0.432. The van der Waals surface area contributed by atoms with Crippen molar-refractivity contribution in [3.05, 3.63) is 0 Å². The minimum atomic E-state index is -0.432. The first-order chi connectivity index (χ1) is 7.90. The average molecular weight is 244 g/mol. The van der Waals surface area contributed by atoms with Crippen molar-refractivity contribution in [1.82, 2.24) is 10.2 Å². The van der Waals surface area contributed by atoms with Gasteiger partial charge in [-0.2, -0.15) is 0 Å². The highest BCUT2D eigenvalue weighted by Crippen LogP contribution is 2.11. The Hall–Kier alpha value is -0.810. The molecule has 0 aliphatic carbocycles. The molecule has 1 saturated heterocycles. The third kappa shape index (κ3) is 5.89. The Morgan fingerprint density at radius 2 is 2.18 bits per heavy atom. The van der Waals surface area contributed by atoms with Crippen LogP contribution in [0, 0.1) is 0 Å². The molecule has 0 aromatic heterocycles. The maximum Gasteiger partial charge on any atom is 0.407 e. The molecule has 0 saturated carbocycles. The Labute approximate surface area is 103 Å². The molecule has 0 unspecified atom stereocenters. The molecule has 1 amide bonds. The largest absolute Gasteiger partial charge is 0.444 e. The molecule has 0 aromatic carbocycles. The molecule has 5 heteroatoms. The molecule has 0 spiro atoms. The number of hydrogen-bond donors (Lipinski definition) is 1. The summed E-state index contributed by atoms with van der Waals surface area (Å²) in [4.78, 5) is 13.8. The van der Waals surface area contributed by atoms with E-state index >= 15 is 0 Å². The molecule has 100 valence electrons. The highest BCUT2D eigenvalue weighted by atomic mass is 16.6. The van der Waals surface area contributed by atoms with Gasteiger partial charge in [0.1, 0.15) is 5.60 Å². The number of likely N-dealkylation sites (tertiary alicyclic amines) is 1. The maximum atomic E-state index is 11.6. The predicted molar refractivity (Wildman–Crippen MR) is 66.1 cm³/mol. The van der Waals surface area contributed by atoms with Crippen molar-refractivity contribution in [2.45, 2.75) is 38.8 Å². The average Bonchev–Trinajstić information content (AvgIpc) is 2.59. The second-order valence-electron chi connectivity index (χ2n) is 5.43. The molecule has 0 bridgehead atoms. The fourth-order valence-electron chi connectivity index (χ4n) is 1.85. The minimum Gasteiger partial charge on any atom is -0.444 e. The van der Waals surface area contributed by atoms with Crippen molar-refractivity contribution in [2.75, 3.05) is 33.4 Å². The van der Waals surface area contributed by atoms with Gasteiger partial charge < -0.3 is 14.8 Å². The molecule has 0 radical (unpaired) electrons. The molecular formula is C12H24N2O3. The fourth-order valence-corrected chi connectivity index (χ4v) is 1.85. The van der Waals surface area contributed by atoms with Crippen LogP contribution in [-0.2, 0) is 9.47 Å². The number of carbonyl (C=O) groups is 1. The zero-order chi connectivity index (χ0) is 12.9.